The van der Waals surface area contributed by atoms with Gasteiger partial charge in [0.1, 0.15) is 6.10 Å². The molecule has 29 heavy (non-hydrogen) atoms. The molecule has 1 amide bonds. The summed E-state index contributed by atoms with van der Waals surface area (Å²) in [6.45, 7) is 3.11. The standard InChI is InChI=1S/C17H24N2O2S.C2HF3O2/c20-17(18-13-3-1-4-13)15-9-12-6-7-19(11-16(12)21-15)10-14-5-2-8-22-14;3-2(4,5)1(6)7/h2,5,8,12-13,15-16H,1,3-4,6-7,9-11H2,(H,18,20);(H,6,7)/t12-,15-,16-;/m0./s1. The highest BCUT2D eigenvalue weighted by Crippen LogP contribution is 2.34. The maximum absolute atomic E-state index is 12.3. The lowest BCUT2D eigenvalue weighted by molar-refractivity contribution is -0.192. The topological polar surface area (TPSA) is 78.9 Å². The minimum atomic E-state index is -5.08. The van der Waals surface area contributed by atoms with Gasteiger partial charge < -0.3 is 15.2 Å². The normalized spacial score (nSPS) is 27.3. The Labute approximate surface area is 171 Å². The number of nitrogens with one attached hydrogen (secondary N) is 1. The highest BCUT2D eigenvalue weighted by atomic mass is 32.1. The molecule has 6 nitrogen and oxygen atoms in total. The van der Waals surface area contributed by atoms with Gasteiger partial charge in [-0.1, -0.05) is 6.07 Å². The van der Waals surface area contributed by atoms with Crippen LogP contribution in [0.15, 0.2) is 17.5 Å². The van der Waals surface area contributed by atoms with Crippen LogP contribution in [-0.4, -0.2) is 59.4 Å². The summed E-state index contributed by atoms with van der Waals surface area (Å²) >= 11 is 1.82. The van der Waals surface area contributed by atoms with Crippen molar-refractivity contribution in [1.29, 1.82) is 0 Å². The minimum absolute atomic E-state index is 0.129. The van der Waals surface area contributed by atoms with Gasteiger partial charge in [0.25, 0.3) is 0 Å². The number of carboxylic acid groups (broad SMARTS) is 1. The Morgan fingerprint density at radius 1 is 1.31 bits per heavy atom. The van der Waals surface area contributed by atoms with Crippen LogP contribution in [0.2, 0.25) is 0 Å². The van der Waals surface area contributed by atoms with E-state index in [1.165, 1.54) is 11.3 Å². The van der Waals surface area contributed by atoms with E-state index in [1.54, 1.807) is 0 Å². The predicted molar refractivity (Wildman–Crippen MR) is 100 cm³/mol. The molecule has 0 spiro atoms. The average Bonchev–Trinajstić information content (AvgIpc) is 3.26. The fraction of sp³-hybridized carbons (Fsp3) is 0.684. The van der Waals surface area contributed by atoms with Gasteiger partial charge in [-0.15, -0.1) is 11.3 Å². The van der Waals surface area contributed by atoms with Gasteiger partial charge >= 0.3 is 12.1 Å². The Balaban J connectivity index is 0.000000298. The molecule has 1 saturated carbocycles. The fourth-order valence-corrected chi connectivity index (χ4v) is 4.52. The zero-order chi connectivity index (χ0) is 21.0. The summed E-state index contributed by atoms with van der Waals surface area (Å²) in [5, 5.41) is 12.4. The van der Waals surface area contributed by atoms with Gasteiger partial charge in [-0.3, -0.25) is 9.69 Å². The Hall–Kier alpha value is -1.65. The number of ether oxygens (including phenoxy) is 1. The molecule has 1 aromatic rings. The number of carbonyl (C=O) groups excluding carboxylic acids is 1. The molecule has 0 bridgehead atoms. The van der Waals surface area contributed by atoms with E-state index in [4.69, 9.17) is 14.6 Å². The molecule has 0 unspecified atom stereocenters. The van der Waals surface area contributed by atoms with Crippen LogP contribution in [0.25, 0.3) is 0 Å². The van der Waals surface area contributed by atoms with Crippen LogP contribution in [0.5, 0.6) is 0 Å². The number of carbonyl (C=O) groups is 2. The van der Waals surface area contributed by atoms with Crippen LogP contribution in [-0.2, 0) is 20.9 Å². The van der Waals surface area contributed by atoms with Crippen molar-refractivity contribution in [2.24, 2.45) is 5.92 Å². The highest BCUT2D eigenvalue weighted by molar-refractivity contribution is 7.09. The zero-order valence-electron chi connectivity index (χ0n) is 15.9. The molecule has 0 radical (unpaired) electrons. The Morgan fingerprint density at radius 3 is 2.59 bits per heavy atom. The lowest BCUT2D eigenvalue weighted by Gasteiger charge is -2.33. The SMILES string of the molecule is O=C(NC1CCC1)[C@@H]1C[C@@H]2CCN(Cc3cccs3)C[C@@H]2O1.O=C(O)C(F)(F)F. The largest absolute Gasteiger partial charge is 0.490 e. The summed E-state index contributed by atoms with van der Waals surface area (Å²) in [7, 11) is 0. The molecule has 1 aromatic heterocycles. The number of fused-ring (bicyclic) bond motifs is 1. The van der Waals surface area contributed by atoms with Gasteiger partial charge in [0, 0.05) is 24.0 Å². The molecule has 3 fully saturated rings. The number of thiophene rings is 1. The molecule has 3 heterocycles. The Kier molecular flexibility index (Phi) is 7.18. The number of piperidine rings is 1. The summed E-state index contributed by atoms with van der Waals surface area (Å²) in [6, 6.07) is 4.72. The number of likely N-dealkylation sites (tertiary alicyclic amines) is 1. The summed E-state index contributed by atoms with van der Waals surface area (Å²) in [5.74, 6) is -2.06. The molecule has 2 saturated heterocycles. The van der Waals surface area contributed by atoms with Gasteiger partial charge in [-0.05, 0) is 56.0 Å². The number of aliphatic carboxylic acids is 1. The number of rotatable bonds is 4. The van der Waals surface area contributed by atoms with Crippen molar-refractivity contribution in [1.82, 2.24) is 10.2 Å². The molecular weight excluding hydrogens is 409 g/mol. The van der Waals surface area contributed by atoms with Crippen molar-refractivity contribution >= 4 is 23.2 Å². The lowest BCUT2D eigenvalue weighted by Crippen LogP contribution is -2.45. The van der Waals surface area contributed by atoms with E-state index in [0.29, 0.717) is 12.0 Å². The average molecular weight is 434 g/mol. The second kappa shape index (κ2) is 9.44. The zero-order valence-corrected chi connectivity index (χ0v) is 16.7. The number of alkyl halides is 3. The Morgan fingerprint density at radius 2 is 2.03 bits per heavy atom. The van der Waals surface area contributed by atoms with Gasteiger partial charge in [0.15, 0.2) is 0 Å². The van der Waals surface area contributed by atoms with Crippen molar-refractivity contribution in [3.05, 3.63) is 22.4 Å². The molecule has 1 aliphatic carbocycles. The molecule has 10 heteroatoms. The van der Waals surface area contributed by atoms with Crippen LogP contribution in [0, 0.1) is 5.92 Å². The van der Waals surface area contributed by atoms with E-state index in [1.807, 2.05) is 11.3 Å². The van der Waals surface area contributed by atoms with Gasteiger partial charge in [0.2, 0.25) is 5.91 Å². The van der Waals surface area contributed by atoms with Crippen molar-refractivity contribution in [3.63, 3.8) is 0 Å². The number of hydrogen-bond acceptors (Lipinski definition) is 5. The van der Waals surface area contributed by atoms with E-state index in [2.05, 4.69) is 27.7 Å². The van der Waals surface area contributed by atoms with Crippen molar-refractivity contribution in [2.75, 3.05) is 13.1 Å². The maximum atomic E-state index is 12.3. The predicted octanol–water partition coefficient (Wildman–Crippen LogP) is 3.03. The second-order valence-corrected chi connectivity index (χ2v) is 8.73. The van der Waals surface area contributed by atoms with Crippen molar-refractivity contribution in [3.8, 4) is 0 Å². The molecule has 162 valence electrons. The molecule has 4 rings (SSSR count). The van der Waals surface area contributed by atoms with Crippen LogP contribution in [0.4, 0.5) is 13.2 Å². The third kappa shape index (κ3) is 6.16. The van der Waals surface area contributed by atoms with E-state index in [0.717, 1.165) is 45.3 Å². The minimum Gasteiger partial charge on any atom is -0.475 e. The number of amides is 1. The Bertz CT molecular complexity index is 694. The smallest absolute Gasteiger partial charge is 0.475 e. The fourth-order valence-electron chi connectivity index (χ4n) is 3.78. The van der Waals surface area contributed by atoms with Gasteiger partial charge in [0.05, 0.1) is 6.10 Å². The first-order valence-electron chi connectivity index (χ1n) is 9.73. The number of carboxylic acids is 1. The van der Waals surface area contributed by atoms with E-state index in [-0.39, 0.29) is 18.1 Å². The molecule has 2 aliphatic heterocycles. The number of halogens is 3. The quantitative estimate of drug-likeness (QED) is 0.762. The van der Waals surface area contributed by atoms with E-state index < -0.39 is 12.1 Å². The summed E-state index contributed by atoms with van der Waals surface area (Å²) in [4.78, 5) is 25.1. The van der Waals surface area contributed by atoms with Crippen LogP contribution in [0.1, 0.15) is 37.0 Å². The molecule has 3 aliphatic rings. The van der Waals surface area contributed by atoms with E-state index in [9.17, 15) is 18.0 Å². The van der Waals surface area contributed by atoms with Crippen LogP contribution >= 0.6 is 11.3 Å². The second-order valence-electron chi connectivity index (χ2n) is 7.70. The van der Waals surface area contributed by atoms with Crippen LogP contribution < -0.4 is 5.32 Å². The molecule has 2 N–H and O–H groups in total. The van der Waals surface area contributed by atoms with Gasteiger partial charge in [-0.2, -0.15) is 13.2 Å². The summed E-state index contributed by atoms with van der Waals surface area (Å²) < 4.78 is 37.8. The van der Waals surface area contributed by atoms with Crippen molar-refractivity contribution < 1.29 is 32.6 Å². The first-order chi connectivity index (χ1) is 13.7. The van der Waals surface area contributed by atoms with Crippen molar-refractivity contribution in [2.45, 2.75) is 63.1 Å². The van der Waals surface area contributed by atoms with Crippen LogP contribution in [0.3, 0.4) is 0 Å². The number of hydrogen-bond donors (Lipinski definition) is 2. The highest BCUT2D eigenvalue weighted by Gasteiger charge is 2.42. The maximum Gasteiger partial charge on any atom is 0.490 e. The molecule has 3 atom stereocenters. The first-order valence-corrected chi connectivity index (χ1v) is 10.6. The molecule has 0 aromatic carbocycles. The summed E-state index contributed by atoms with van der Waals surface area (Å²) in [6.07, 6.45) is 0.543. The monoisotopic (exact) mass is 434 g/mol. The third-order valence-electron chi connectivity index (χ3n) is 5.58. The summed E-state index contributed by atoms with van der Waals surface area (Å²) in [5.41, 5.74) is 0. The lowest BCUT2D eigenvalue weighted by atomic mass is 9.90. The third-order valence-corrected chi connectivity index (χ3v) is 6.44. The number of nitrogens with zero attached hydrogens (tertiary/aromatic N) is 1. The molecular formula is C19H25F3N2O4S. The first kappa shape index (κ1) is 22.0. The van der Waals surface area contributed by atoms with Gasteiger partial charge in [-0.25, -0.2) is 4.79 Å². The van der Waals surface area contributed by atoms with E-state index >= 15 is 0 Å².